The van der Waals surface area contributed by atoms with Gasteiger partial charge in [-0.15, -0.1) is 11.3 Å². The second-order valence-corrected chi connectivity index (χ2v) is 10.5. The van der Waals surface area contributed by atoms with Crippen molar-refractivity contribution in [2.45, 2.75) is 32.2 Å². The van der Waals surface area contributed by atoms with Gasteiger partial charge in [0.2, 0.25) is 0 Å². The Labute approximate surface area is 215 Å². The lowest BCUT2D eigenvalue weighted by molar-refractivity contribution is 0.0951. The summed E-state index contributed by atoms with van der Waals surface area (Å²) in [7, 11) is 0. The van der Waals surface area contributed by atoms with Crippen LogP contribution in [0.5, 0.6) is 5.75 Å². The van der Waals surface area contributed by atoms with Crippen LogP contribution in [0.15, 0.2) is 69.1 Å². The number of hydrogen-bond acceptors (Lipinski definition) is 4. The Morgan fingerprint density at radius 3 is 2.61 bits per heavy atom. The molecule has 1 amide bonds. The van der Waals surface area contributed by atoms with Crippen molar-refractivity contribution in [1.29, 1.82) is 0 Å². The van der Waals surface area contributed by atoms with E-state index in [-0.39, 0.29) is 5.91 Å². The molecule has 0 radical (unpaired) electrons. The van der Waals surface area contributed by atoms with E-state index in [4.69, 9.17) is 9.73 Å². The Morgan fingerprint density at radius 2 is 1.88 bits per heavy atom. The standard InChI is InChI=1S/C26H24Br2N2O2S/c1-2-12-32-24-20(27)13-18(14-21(24)28)16-30-26-23(19-10-6-7-11-22(19)33-26)25(31)29-15-17-8-4-3-5-9-17/h2-5,8-9,13-14,16H,1,6-7,10-12,15H2,(H,29,31). The molecular formula is C26H24Br2N2O2S. The van der Waals surface area contributed by atoms with E-state index in [9.17, 15) is 4.79 Å². The molecule has 0 bridgehead atoms. The van der Waals surface area contributed by atoms with Gasteiger partial charge in [-0.05, 0) is 86.4 Å². The molecule has 1 N–H and O–H groups in total. The van der Waals surface area contributed by atoms with E-state index in [0.29, 0.717) is 13.2 Å². The van der Waals surface area contributed by atoms with Crippen LogP contribution in [0.25, 0.3) is 0 Å². The molecule has 3 aromatic rings. The normalized spacial score (nSPS) is 13.0. The van der Waals surface area contributed by atoms with Gasteiger partial charge in [-0.3, -0.25) is 4.79 Å². The van der Waals surface area contributed by atoms with E-state index >= 15 is 0 Å². The van der Waals surface area contributed by atoms with Gasteiger partial charge in [0.15, 0.2) is 0 Å². The van der Waals surface area contributed by atoms with Gasteiger partial charge in [-0.1, -0.05) is 43.0 Å². The summed E-state index contributed by atoms with van der Waals surface area (Å²) in [6, 6.07) is 13.9. The fraction of sp³-hybridized carbons (Fsp3) is 0.231. The summed E-state index contributed by atoms with van der Waals surface area (Å²) in [4.78, 5) is 19.3. The average molecular weight is 588 g/mol. The molecule has 1 aromatic heterocycles. The van der Waals surface area contributed by atoms with Crippen molar-refractivity contribution in [1.82, 2.24) is 5.32 Å². The molecule has 0 atom stereocenters. The topological polar surface area (TPSA) is 50.7 Å². The van der Waals surface area contributed by atoms with Gasteiger partial charge < -0.3 is 10.1 Å². The lowest BCUT2D eigenvalue weighted by atomic mass is 9.95. The van der Waals surface area contributed by atoms with E-state index in [1.54, 1.807) is 23.6 Å². The number of nitrogens with zero attached hydrogens (tertiary/aromatic N) is 1. The Balaban J connectivity index is 1.60. The molecule has 0 spiro atoms. The molecular weight excluding hydrogens is 564 g/mol. The zero-order valence-electron chi connectivity index (χ0n) is 18.1. The van der Waals surface area contributed by atoms with Crippen LogP contribution in [0.3, 0.4) is 0 Å². The van der Waals surface area contributed by atoms with E-state index in [2.05, 4.69) is 43.8 Å². The molecule has 4 rings (SSSR count). The summed E-state index contributed by atoms with van der Waals surface area (Å²) < 4.78 is 7.35. The number of nitrogens with one attached hydrogen (secondary N) is 1. The van der Waals surface area contributed by atoms with Crippen LogP contribution < -0.4 is 10.1 Å². The molecule has 33 heavy (non-hydrogen) atoms. The highest BCUT2D eigenvalue weighted by atomic mass is 79.9. The van der Waals surface area contributed by atoms with Crippen LogP contribution in [0, 0.1) is 0 Å². The Hall–Kier alpha value is -2.22. The van der Waals surface area contributed by atoms with Crippen molar-refractivity contribution < 1.29 is 9.53 Å². The monoisotopic (exact) mass is 586 g/mol. The molecule has 4 nitrogen and oxygen atoms in total. The third kappa shape index (κ3) is 5.83. The number of thiophene rings is 1. The molecule has 0 fully saturated rings. The molecule has 0 aliphatic heterocycles. The highest BCUT2D eigenvalue weighted by Crippen LogP contribution is 2.40. The lowest BCUT2D eigenvalue weighted by Gasteiger charge is -2.13. The summed E-state index contributed by atoms with van der Waals surface area (Å²) in [5.41, 5.74) is 3.88. The van der Waals surface area contributed by atoms with E-state index in [1.165, 1.54) is 10.4 Å². The number of fused-ring (bicyclic) bond motifs is 1. The highest BCUT2D eigenvalue weighted by Gasteiger charge is 2.25. The third-order valence-corrected chi connectivity index (χ3v) is 7.75. The summed E-state index contributed by atoms with van der Waals surface area (Å²) in [5, 5.41) is 3.86. The zero-order valence-corrected chi connectivity index (χ0v) is 22.1. The number of carbonyl (C=O) groups excluding carboxylic acids is 1. The predicted molar refractivity (Wildman–Crippen MR) is 143 cm³/mol. The number of hydrogen-bond donors (Lipinski definition) is 1. The second-order valence-electron chi connectivity index (χ2n) is 7.73. The largest absolute Gasteiger partial charge is 0.487 e. The first-order valence-electron chi connectivity index (χ1n) is 10.8. The lowest BCUT2D eigenvalue weighted by Crippen LogP contribution is -2.24. The minimum absolute atomic E-state index is 0.0547. The molecule has 7 heteroatoms. The molecule has 0 saturated carbocycles. The summed E-state index contributed by atoms with van der Waals surface area (Å²) >= 11 is 8.77. The number of rotatable bonds is 8. The number of benzene rings is 2. The fourth-order valence-corrected chi connectivity index (χ4v) is 6.49. The first-order chi connectivity index (χ1) is 16.1. The van der Waals surface area contributed by atoms with Crippen molar-refractivity contribution in [3.8, 4) is 5.75 Å². The Bertz CT molecular complexity index is 1170. The van der Waals surface area contributed by atoms with E-state index < -0.39 is 0 Å². The zero-order chi connectivity index (χ0) is 23.2. The van der Waals surface area contributed by atoms with Gasteiger partial charge in [0, 0.05) is 17.6 Å². The Morgan fingerprint density at radius 1 is 1.15 bits per heavy atom. The molecule has 1 heterocycles. The Kier molecular flexibility index (Phi) is 8.17. The first kappa shape index (κ1) is 23.9. The van der Waals surface area contributed by atoms with Gasteiger partial charge >= 0.3 is 0 Å². The molecule has 1 aliphatic carbocycles. The third-order valence-electron chi connectivity index (χ3n) is 5.37. The van der Waals surface area contributed by atoms with Gasteiger partial charge in [-0.2, -0.15) is 0 Å². The van der Waals surface area contributed by atoms with E-state index in [0.717, 1.165) is 62.1 Å². The van der Waals surface area contributed by atoms with Gasteiger partial charge in [0.05, 0.1) is 14.5 Å². The maximum atomic E-state index is 13.2. The number of halogens is 2. The van der Waals surface area contributed by atoms with Crippen molar-refractivity contribution in [2.75, 3.05) is 6.61 Å². The van der Waals surface area contributed by atoms with Gasteiger partial charge in [0.25, 0.3) is 5.91 Å². The number of ether oxygens (including phenoxy) is 1. The molecule has 2 aromatic carbocycles. The molecule has 0 saturated heterocycles. The quantitative estimate of drug-likeness (QED) is 0.220. The summed E-state index contributed by atoms with van der Waals surface area (Å²) in [5.74, 6) is 0.667. The number of carbonyl (C=O) groups is 1. The summed E-state index contributed by atoms with van der Waals surface area (Å²) in [6.07, 6.45) is 7.73. The fourth-order valence-electron chi connectivity index (χ4n) is 3.81. The van der Waals surface area contributed by atoms with Gasteiger partial charge in [0.1, 0.15) is 17.4 Å². The van der Waals surface area contributed by atoms with Crippen molar-refractivity contribution in [3.63, 3.8) is 0 Å². The maximum absolute atomic E-state index is 13.2. The first-order valence-corrected chi connectivity index (χ1v) is 13.2. The predicted octanol–water partition coefficient (Wildman–Crippen LogP) is 7.40. The van der Waals surface area contributed by atoms with Crippen LogP contribution in [0.2, 0.25) is 0 Å². The van der Waals surface area contributed by atoms with Crippen molar-refractivity contribution in [3.05, 3.63) is 91.2 Å². The highest BCUT2D eigenvalue weighted by molar-refractivity contribution is 9.11. The molecule has 1 aliphatic rings. The number of amides is 1. The summed E-state index contributed by atoms with van der Waals surface area (Å²) in [6.45, 7) is 4.61. The molecule has 0 unspecified atom stereocenters. The smallest absolute Gasteiger partial charge is 0.254 e. The van der Waals surface area contributed by atoms with Crippen LogP contribution in [-0.2, 0) is 19.4 Å². The van der Waals surface area contributed by atoms with Crippen molar-refractivity contribution in [2.24, 2.45) is 4.99 Å². The maximum Gasteiger partial charge on any atom is 0.254 e. The number of aryl methyl sites for hydroxylation is 1. The van der Waals surface area contributed by atoms with E-state index in [1.807, 2.05) is 42.5 Å². The number of aliphatic imine (C=N–C) groups is 1. The van der Waals surface area contributed by atoms with Gasteiger partial charge in [-0.25, -0.2) is 4.99 Å². The molecule has 170 valence electrons. The van der Waals surface area contributed by atoms with Crippen molar-refractivity contribution >= 4 is 60.3 Å². The minimum Gasteiger partial charge on any atom is -0.487 e. The second kappa shape index (κ2) is 11.3. The van der Waals surface area contributed by atoms with Crippen LogP contribution in [0.1, 0.15) is 44.8 Å². The minimum atomic E-state index is -0.0547. The van der Waals surface area contributed by atoms with Crippen LogP contribution >= 0.6 is 43.2 Å². The average Bonchev–Trinajstić information content (AvgIpc) is 3.20. The van der Waals surface area contributed by atoms with Crippen LogP contribution in [0.4, 0.5) is 5.00 Å². The SMILES string of the molecule is C=CCOc1c(Br)cc(C=Nc2sc3c(c2C(=O)NCc2ccccc2)CCCC3)cc1Br. The van der Waals surface area contributed by atoms with Crippen LogP contribution in [-0.4, -0.2) is 18.7 Å².